The summed E-state index contributed by atoms with van der Waals surface area (Å²) in [5.74, 6) is 0.928. The number of halogens is 1. The summed E-state index contributed by atoms with van der Waals surface area (Å²) in [5, 5.41) is 0. The van der Waals surface area contributed by atoms with Gasteiger partial charge in [-0.1, -0.05) is 22.9 Å². The van der Waals surface area contributed by atoms with E-state index in [0.717, 1.165) is 28.6 Å². The molecular weight excluding hydrogens is 334 g/mol. The van der Waals surface area contributed by atoms with Gasteiger partial charge >= 0.3 is 0 Å². The fraction of sp³-hybridized carbons (Fsp3) is 0.375. The molecule has 1 heterocycles. The van der Waals surface area contributed by atoms with Gasteiger partial charge in [-0.05, 0) is 55.7 Å². The fourth-order valence-corrected chi connectivity index (χ4v) is 3.31. The average molecular weight is 354 g/mol. The molecule has 0 amide bonds. The Hall–Kier alpha value is -0.840. The van der Waals surface area contributed by atoms with Crippen LogP contribution in [0.25, 0.3) is 0 Å². The highest BCUT2D eigenvalue weighted by atomic mass is 79.9. The maximum absolute atomic E-state index is 5.97. The van der Waals surface area contributed by atoms with E-state index in [1.165, 1.54) is 9.75 Å². The summed E-state index contributed by atoms with van der Waals surface area (Å²) in [4.78, 5) is 2.66. The van der Waals surface area contributed by atoms with E-state index in [-0.39, 0.29) is 6.04 Å². The number of aryl methyl sites for hydroxylation is 1. The molecule has 108 valence electrons. The Morgan fingerprint density at radius 3 is 2.65 bits per heavy atom. The number of ether oxygens (including phenoxy) is 1. The highest BCUT2D eigenvalue weighted by Gasteiger charge is 2.08. The number of hydrogen-bond donors (Lipinski definition) is 1. The lowest BCUT2D eigenvalue weighted by Gasteiger charge is -2.13. The van der Waals surface area contributed by atoms with Crippen molar-refractivity contribution in [2.75, 3.05) is 0 Å². The number of benzene rings is 1. The Morgan fingerprint density at radius 2 is 2.00 bits per heavy atom. The van der Waals surface area contributed by atoms with Gasteiger partial charge < -0.3 is 10.5 Å². The van der Waals surface area contributed by atoms with Crippen LogP contribution in [0, 0.1) is 0 Å². The van der Waals surface area contributed by atoms with Gasteiger partial charge in [-0.25, -0.2) is 0 Å². The van der Waals surface area contributed by atoms with Gasteiger partial charge in [0.05, 0.1) is 0 Å². The Morgan fingerprint density at radius 1 is 1.25 bits per heavy atom. The number of thiophene rings is 1. The predicted molar refractivity (Wildman–Crippen MR) is 89.5 cm³/mol. The van der Waals surface area contributed by atoms with E-state index in [1.807, 2.05) is 30.4 Å². The molecule has 4 heteroatoms. The quantitative estimate of drug-likeness (QED) is 0.827. The van der Waals surface area contributed by atoms with Crippen LogP contribution >= 0.6 is 27.3 Å². The first-order valence-electron chi connectivity index (χ1n) is 6.83. The van der Waals surface area contributed by atoms with Gasteiger partial charge in [0.1, 0.15) is 12.4 Å². The minimum absolute atomic E-state index is 0.125. The van der Waals surface area contributed by atoms with E-state index in [0.29, 0.717) is 6.61 Å². The third-order valence-corrected chi connectivity index (χ3v) is 4.70. The van der Waals surface area contributed by atoms with Crippen LogP contribution in [0.15, 0.2) is 34.8 Å². The summed E-state index contributed by atoms with van der Waals surface area (Å²) in [5.41, 5.74) is 7.06. The Balaban J connectivity index is 2.08. The Bertz CT molecular complexity index is 565. The van der Waals surface area contributed by atoms with E-state index in [9.17, 15) is 0 Å². The Labute approximate surface area is 133 Å². The van der Waals surface area contributed by atoms with Crippen LogP contribution in [0.5, 0.6) is 5.75 Å². The molecule has 2 aromatic rings. The molecule has 2 nitrogen and oxygen atoms in total. The standard InChI is InChI=1S/C16H20BrNOS/c1-3-14-5-6-15(20-14)10-19-16-7-4-13(17)9-12(16)8-11(2)18/h4-7,9,11H,3,8,10,18H2,1-2H3. The second-order valence-corrected chi connectivity index (χ2v) is 7.11. The van der Waals surface area contributed by atoms with Crippen LogP contribution in [-0.2, 0) is 19.4 Å². The van der Waals surface area contributed by atoms with E-state index in [4.69, 9.17) is 10.5 Å². The predicted octanol–water partition coefficient (Wildman–Crippen LogP) is 4.54. The van der Waals surface area contributed by atoms with Crippen molar-refractivity contribution in [2.24, 2.45) is 5.73 Å². The van der Waals surface area contributed by atoms with Gasteiger partial charge in [-0.2, -0.15) is 0 Å². The van der Waals surface area contributed by atoms with Crippen LogP contribution in [0.1, 0.15) is 29.2 Å². The number of rotatable bonds is 6. The normalized spacial score (nSPS) is 12.4. The minimum atomic E-state index is 0.125. The van der Waals surface area contributed by atoms with Crippen LogP contribution in [0.3, 0.4) is 0 Å². The van der Waals surface area contributed by atoms with Crippen molar-refractivity contribution in [2.45, 2.75) is 39.3 Å². The molecule has 0 fully saturated rings. The SMILES string of the molecule is CCc1ccc(COc2ccc(Br)cc2CC(C)N)s1. The van der Waals surface area contributed by atoms with E-state index in [1.54, 1.807) is 0 Å². The summed E-state index contributed by atoms with van der Waals surface area (Å²) in [6.45, 7) is 4.81. The molecule has 0 saturated heterocycles. The summed E-state index contributed by atoms with van der Waals surface area (Å²) < 4.78 is 7.03. The first kappa shape index (κ1) is 15.5. The van der Waals surface area contributed by atoms with Crippen molar-refractivity contribution >= 4 is 27.3 Å². The first-order valence-corrected chi connectivity index (χ1v) is 8.43. The second kappa shape index (κ2) is 7.25. The second-order valence-electron chi connectivity index (χ2n) is 4.94. The molecule has 0 bridgehead atoms. The first-order chi connectivity index (χ1) is 9.58. The topological polar surface area (TPSA) is 35.2 Å². The smallest absolute Gasteiger partial charge is 0.123 e. The summed E-state index contributed by atoms with van der Waals surface area (Å²) >= 11 is 5.32. The molecule has 0 radical (unpaired) electrons. The molecule has 0 spiro atoms. The minimum Gasteiger partial charge on any atom is -0.488 e. The van der Waals surface area contributed by atoms with Gasteiger partial charge in [0, 0.05) is 20.3 Å². The van der Waals surface area contributed by atoms with Gasteiger partial charge in [-0.3, -0.25) is 0 Å². The zero-order valence-electron chi connectivity index (χ0n) is 11.9. The molecule has 0 aliphatic heterocycles. The van der Waals surface area contributed by atoms with Crippen LogP contribution in [0.4, 0.5) is 0 Å². The van der Waals surface area contributed by atoms with Crippen molar-refractivity contribution < 1.29 is 4.74 Å². The third kappa shape index (κ3) is 4.33. The maximum Gasteiger partial charge on any atom is 0.123 e. The molecule has 1 atom stereocenters. The van der Waals surface area contributed by atoms with Crippen molar-refractivity contribution in [1.82, 2.24) is 0 Å². The van der Waals surface area contributed by atoms with Crippen LogP contribution < -0.4 is 10.5 Å². The average Bonchev–Trinajstić information content (AvgIpc) is 2.85. The fourth-order valence-electron chi connectivity index (χ4n) is 2.03. The van der Waals surface area contributed by atoms with Crippen LogP contribution in [-0.4, -0.2) is 6.04 Å². The zero-order valence-corrected chi connectivity index (χ0v) is 14.3. The molecule has 2 N–H and O–H groups in total. The van der Waals surface area contributed by atoms with E-state index in [2.05, 4.69) is 41.1 Å². The largest absolute Gasteiger partial charge is 0.488 e. The van der Waals surface area contributed by atoms with Crippen molar-refractivity contribution in [3.63, 3.8) is 0 Å². The van der Waals surface area contributed by atoms with Crippen molar-refractivity contribution in [3.05, 3.63) is 50.1 Å². The van der Waals surface area contributed by atoms with Gasteiger partial charge in [0.25, 0.3) is 0 Å². The molecule has 0 aliphatic rings. The van der Waals surface area contributed by atoms with Crippen molar-refractivity contribution in [3.8, 4) is 5.75 Å². The monoisotopic (exact) mass is 353 g/mol. The van der Waals surface area contributed by atoms with Crippen molar-refractivity contribution in [1.29, 1.82) is 0 Å². The molecule has 2 rings (SSSR count). The molecule has 1 aromatic carbocycles. The lowest BCUT2D eigenvalue weighted by atomic mass is 10.1. The lowest BCUT2D eigenvalue weighted by Crippen LogP contribution is -2.18. The van der Waals surface area contributed by atoms with Crippen LogP contribution in [0.2, 0.25) is 0 Å². The molecule has 0 aliphatic carbocycles. The maximum atomic E-state index is 5.97. The summed E-state index contributed by atoms with van der Waals surface area (Å²) in [7, 11) is 0. The molecule has 20 heavy (non-hydrogen) atoms. The zero-order chi connectivity index (χ0) is 14.5. The summed E-state index contributed by atoms with van der Waals surface area (Å²) in [6.07, 6.45) is 1.90. The van der Waals surface area contributed by atoms with Gasteiger partial charge in [0.2, 0.25) is 0 Å². The number of hydrogen-bond acceptors (Lipinski definition) is 3. The highest BCUT2D eigenvalue weighted by molar-refractivity contribution is 9.10. The molecule has 1 aromatic heterocycles. The Kier molecular flexibility index (Phi) is 5.64. The third-order valence-electron chi connectivity index (χ3n) is 3.00. The molecule has 1 unspecified atom stereocenters. The number of nitrogens with two attached hydrogens (primary N) is 1. The van der Waals surface area contributed by atoms with E-state index < -0.39 is 0 Å². The molecular formula is C16H20BrNOS. The summed E-state index contributed by atoms with van der Waals surface area (Å²) in [6, 6.07) is 10.5. The van der Waals surface area contributed by atoms with E-state index >= 15 is 0 Å². The highest BCUT2D eigenvalue weighted by Crippen LogP contribution is 2.26. The van der Waals surface area contributed by atoms with Gasteiger partial charge in [-0.15, -0.1) is 11.3 Å². The van der Waals surface area contributed by atoms with Gasteiger partial charge in [0.15, 0.2) is 0 Å². The lowest BCUT2D eigenvalue weighted by molar-refractivity contribution is 0.306. The molecule has 0 saturated carbocycles.